The Morgan fingerprint density at radius 1 is 1.07 bits per heavy atom. The monoisotopic (exact) mass is 445 g/mol. The highest BCUT2D eigenvalue weighted by Crippen LogP contribution is 2.60. The standard InChI is InChI=1S/C19H22Cl2NO5P/c1-3-26-28(24,27-4-2)18(16-11-10-15(20)12-17(16)21)22-19(23)25-13-14-8-6-5-7-9-14/h5-12,18H,3-4,13H2,1-2H3,(H,22,23). The Morgan fingerprint density at radius 3 is 2.29 bits per heavy atom. The lowest BCUT2D eigenvalue weighted by atomic mass is 10.2. The second kappa shape index (κ2) is 10.8. The van der Waals surface area contributed by atoms with E-state index >= 15 is 0 Å². The van der Waals surface area contributed by atoms with Crippen LogP contribution < -0.4 is 5.32 Å². The molecule has 0 aromatic heterocycles. The number of benzene rings is 2. The number of rotatable bonds is 9. The molecule has 1 amide bonds. The highest BCUT2D eigenvalue weighted by atomic mass is 35.5. The third-order valence-corrected chi connectivity index (χ3v) is 6.50. The summed E-state index contributed by atoms with van der Waals surface area (Å²) in [5.74, 6) is -1.15. The first kappa shape index (κ1) is 22.7. The zero-order chi connectivity index (χ0) is 20.6. The molecule has 1 N–H and O–H groups in total. The maximum Gasteiger partial charge on any atom is 0.408 e. The van der Waals surface area contributed by atoms with E-state index in [0.717, 1.165) is 5.56 Å². The molecule has 152 valence electrons. The van der Waals surface area contributed by atoms with Gasteiger partial charge in [0.15, 0.2) is 5.78 Å². The summed E-state index contributed by atoms with van der Waals surface area (Å²) < 4.78 is 29.4. The first-order valence-corrected chi connectivity index (χ1v) is 11.1. The van der Waals surface area contributed by atoms with Gasteiger partial charge in [0.25, 0.3) is 0 Å². The van der Waals surface area contributed by atoms with E-state index < -0.39 is 19.5 Å². The minimum Gasteiger partial charge on any atom is -0.445 e. The first-order valence-electron chi connectivity index (χ1n) is 8.70. The molecule has 1 atom stereocenters. The van der Waals surface area contributed by atoms with Crippen LogP contribution in [0, 0.1) is 0 Å². The summed E-state index contributed by atoms with van der Waals surface area (Å²) >= 11 is 12.2. The smallest absolute Gasteiger partial charge is 0.408 e. The van der Waals surface area contributed by atoms with Gasteiger partial charge in [0.1, 0.15) is 6.61 Å². The quantitative estimate of drug-likeness (QED) is 0.466. The summed E-state index contributed by atoms with van der Waals surface area (Å²) in [6.07, 6.45) is -0.778. The van der Waals surface area contributed by atoms with Gasteiger partial charge in [0.05, 0.1) is 13.2 Å². The molecule has 0 aliphatic rings. The summed E-state index contributed by atoms with van der Waals surface area (Å²) in [6, 6.07) is 13.8. The zero-order valence-corrected chi connectivity index (χ0v) is 18.0. The summed E-state index contributed by atoms with van der Waals surface area (Å²) in [4.78, 5) is 12.4. The first-order chi connectivity index (χ1) is 13.4. The SMILES string of the molecule is CCOP(=O)(OCC)C(NC(=O)OCc1ccccc1)c1ccc(Cl)cc1Cl. The Bertz CT molecular complexity index is 824. The van der Waals surface area contributed by atoms with Crippen LogP contribution in [-0.4, -0.2) is 19.3 Å². The number of amides is 1. The van der Waals surface area contributed by atoms with E-state index in [2.05, 4.69) is 5.32 Å². The van der Waals surface area contributed by atoms with Crippen LogP contribution in [0.25, 0.3) is 0 Å². The maximum atomic E-state index is 13.4. The molecule has 2 aromatic carbocycles. The lowest BCUT2D eigenvalue weighted by Crippen LogP contribution is -2.30. The predicted molar refractivity (Wildman–Crippen MR) is 110 cm³/mol. The van der Waals surface area contributed by atoms with Crippen LogP contribution in [0.2, 0.25) is 10.0 Å². The average Bonchev–Trinajstić information content (AvgIpc) is 2.66. The second-order valence-corrected chi connectivity index (χ2v) is 8.61. The molecular weight excluding hydrogens is 424 g/mol. The van der Waals surface area contributed by atoms with E-state index in [-0.39, 0.29) is 24.8 Å². The number of carbonyl (C=O) groups is 1. The van der Waals surface area contributed by atoms with Crippen LogP contribution in [0.1, 0.15) is 30.8 Å². The fraction of sp³-hybridized carbons (Fsp3) is 0.316. The van der Waals surface area contributed by atoms with Gasteiger partial charge in [-0.15, -0.1) is 0 Å². The van der Waals surface area contributed by atoms with Crippen LogP contribution in [-0.2, 0) is 25.0 Å². The van der Waals surface area contributed by atoms with Crippen molar-refractivity contribution in [3.05, 3.63) is 69.7 Å². The van der Waals surface area contributed by atoms with Crippen molar-refractivity contribution in [2.24, 2.45) is 0 Å². The molecule has 1 unspecified atom stereocenters. The number of carbonyl (C=O) groups excluding carboxylic acids is 1. The Labute approximate surface area is 174 Å². The van der Waals surface area contributed by atoms with Gasteiger partial charge in [-0.25, -0.2) is 4.79 Å². The molecule has 2 aromatic rings. The lowest BCUT2D eigenvalue weighted by molar-refractivity contribution is 0.134. The molecule has 0 bridgehead atoms. The number of alkyl carbamates (subject to hydrolysis) is 1. The van der Waals surface area contributed by atoms with Crippen molar-refractivity contribution in [2.45, 2.75) is 26.2 Å². The largest absolute Gasteiger partial charge is 0.445 e. The minimum atomic E-state index is -3.78. The van der Waals surface area contributed by atoms with Crippen molar-refractivity contribution in [3.8, 4) is 0 Å². The number of hydrogen-bond acceptors (Lipinski definition) is 5. The van der Waals surface area contributed by atoms with Gasteiger partial charge in [0, 0.05) is 15.6 Å². The van der Waals surface area contributed by atoms with Crippen molar-refractivity contribution >= 4 is 36.9 Å². The third-order valence-electron chi connectivity index (χ3n) is 3.66. The molecule has 9 heteroatoms. The van der Waals surface area contributed by atoms with Gasteiger partial charge < -0.3 is 19.1 Å². The van der Waals surface area contributed by atoms with Gasteiger partial charge in [0.2, 0.25) is 0 Å². The molecule has 28 heavy (non-hydrogen) atoms. The Kier molecular flexibility index (Phi) is 8.80. The maximum absolute atomic E-state index is 13.4. The lowest BCUT2D eigenvalue weighted by Gasteiger charge is -2.27. The fourth-order valence-electron chi connectivity index (χ4n) is 2.47. The van der Waals surface area contributed by atoms with Gasteiger partial charge in [-0.05, 0) is 31.5 Å². The molecule has 0 heterocycles. The van der Waals surface area contributed by atoms with Crippen molar-refractivity contribution in [1.82, 2.24) is 5.32 Å². The van der Waals surface area contributed by atoms with Crippen molar-refractivity contribution in [2.75, 3.05) is 13.2 Å². The minimum absolute atomic E-state index is 0.0569. The van der Waals surface area contributed by atoms with Crippen LogP contribution in [0.3, 0.4) is 0 Å². The topological polar surface area (TPSA) is 73.9 Å². The number of nitrogens with one attached hydrogen (secondary N) is 1. The highest BCUT2D eigenvalue weighted by molar-refractivity contribution is 7.54. The molecule has 0 fully saturated rings. The number of halogens is 2. The van der Waals surface area contributed by atoms with E-state index in [0.29, 0.717) is 10.6 Å². The van der Waals surface area contributed by atoms with Crippen LogP contribution in [0.4, 0.5) is 4.79 Å². The molecule has 0 radical (unpaired) electrons. The van der Waals surface area contributed by atoms with Gasteiger partial charge in [-0.2, -0.15) is 0 Å². The highest BCUT2D eigenvalue weighted by Gasteiger charge is 2.39. The van der Waals surface area contributed by atoms with E-state index in [4.69, 9.17) is 37.0 Å². The molecule has 0 spiro atoms. The van der Waals surface area contributed by atoms with E-state index in [1.807, 2.05) is 30.3 Å². The molecule has 0 saturated carbocycles. The van der Waals surface area contributed by atoms with Gasteiger partial charge >= 0.3 is 13.7 Å². The number of ether oxygens (including phenoxy) is 1. The van der Waals surface area contributed by atoms with Crippen molar-refractivity contribution in [1.29, 1.82) is 0 Å². The number of hydrogen-bond donors (Lipinski definition) is 1. The molecular formula is C19H22Cl2NO5P. The molecule has 0 saturated heterocycles. The van der Waals surface area contributed by atoms with Gasteiger partial charge in [-0.3, -0.25) is 4.57 Å². The normalized spacial score (nSPS) is 12.4. The molecule has 0 aliphatic heterocycles. The van der Waals surface area contributed by atoms with Crippen LogP contribution >= 0.6 is 30.8 Å². The van der Waals surface area contributed by atoms with Gasteiger partial charge in [-0.1, -0.05) is 59.6 Å². The van der Waals surface area contributed by atoms with Crippen LogP contribution in [0.15, 0.2) is 48.5 Å². The second-order valence-electron chi connectivity index (χ2n) is 5.65. The Balaban J connectivity index is 2.26. The predicted octanol–water partition coefficient (Wildman–Crippen LogP) is 6.18. The third kappa shape index (κ3) is 6.23. The fourth-order valence-corrected chi connectivity index (χ4v) is 4.99. The summed E-state index contributed by atoms with van der Waals surface area (Å²) in [5, 5.41) is 3.20. The van der Waals surface area contributed by atoms with E-state index in [1.165, 1.54) is 6.07 Å². The summed E-state index contributed by atoms with van der Waals surface area (Å²) in [7, 11) is -3.78. The van der Waals surface area contributed by atoms with Crippen molar-refractivity contribution < 1.29 is 23.1 Å². The molecule has 2 rings (SSSR count). The Morgan fingerprint density at radius 2 is 1.71 bits per heavy atom. The van der Waals surface area contributed by atoms with E-state index in [1.54, 1.807) is 26.0 Å². The summed E-state index contributed by atoms with van der Waals surface area (Å²) in [5.41, 5.74) is 1.17. The van der Waals surface area contributed by atoms with E-state index in [9.17, 15) is 9.36 Å². The average molecular weight is 446 g/mol. The molecule has 0 aliphatic carbocycles. The van der Waals surface area contributed by atoms with Crippen LogP contribution in [0.5, 0.6) is 0 Å². The Hall–Kier alpha value is -1.56. The molecule has 6 nitrogen and oxygen atoms in total. The zero-order valence-electron chi connectivity index (χ0n) is 15.6. The summed E-state index contributed by atoms with van der Waals surface area (Å²) in [6.45, 7) is 3.67. The van der Waals surface area contributed by atoms with Crippen molar-refractivity contribution in [3.63, 3.8) is 0 Å².